The van der Waals surface area contributed by atoms with Gasteiger partial charge in [-0.25, -0.2) is 13.0 Å². The van der Waals surface area contributed by atoms with E-state index in [0.29, 0.717) is 77.5 Å². The predicted octanol–water partition coefficient (Wildman–Crippen LogP) is 24.8. The van der Waals surface area contributed by atoms with Crippen LogP contribution in [0.3, 0.4) is 0 Å². The Bertz CT molecular complexity index is 5890. The first-order valence-electron chi connectivity index (χ1n) is 59.2. The SMILES string of the molecule is C[C@@]1(O)CC[C@H]2[C@H](CC[C@@H]3[C@@H]2CC[C@]2(C)[C@@H](C(=O)Cn4cc(C#N)cn4)C[C@@H]32)C1.C[C@@]1(S)CC[C@H]2[C@H](CC[C@@H]3[C@@H]2CC[C@]2(C)[C@@H](C(=O)Cc4ccc(F)cc4F)CC[C@@H]32)C1.C[C@@]1(S)CC[C@H]2[C@H](CC[C@@H]3[C@@H]2CC[C@]2(C)[C@@H](C(=O)Cn4nccn4)CC[C@@H]32)C1.C[C@]12CC[C@H]3[C@@H](CC[C@@H]4C[C@@H](S(C)(=N)=O)CC[C@@H]43)[C@@H]1CC[C@@H]2C(=O)Cn1cc(C#N)cn1.Cc1cnn(CC(=O)[C@H]2C[C@H]3[C@@H]4CC[C@@H]5C[C@](C)(O)CC[C@@H]5[C@H]4CC[C@]23C)c1. The summed E-state index contributed by atoms with van der Waals surface area (Å²) in [5.74, 6) is 20.4. The van der Waals surface area contributed by atoms with Gasteiger partial charge in [-0.2, -0.15) is 66.1 Å². The number of halogens is 2. The van der Waals surface area contributed by atoms with Crippen LogP contribution < -0.4 is 0 Å². The Kier molecular flexibility index (Phi) is 30.0. The topological polar surface area (TPSA) is 298 Å². The van der Waals surface area contributed by atoms with Crippen LogP contribution >= 0.6 is 25.3 Å². The fourth-order valence-electron chi connectivity index (χ4n) is 41.2. The van der Waals surface area contributed by atoms with Crippen molar-refractivity contribution in [1.82, 2.24) is 44.3 Å². The molecule has 0 aliphatic heterocycles. The molecule has 0 spiro atoms. The summed E-state index contributed by atoms with van der Waals surface area (Å²) in [5, 5.41) is 60.1. The van der Waals surface area contributed by atoms with Crippen LogP contribution in [0.4, 0.5) is 8.78 Å². The van der Waals surface area contributed by atoms with Gasteiger partial charge in [0, 0.05) is 91.4 Å². The minimum absolute atomic E-state index is 0.0210. The molecule has 20 aliphatic carbocycles. The fourth-order valence-corrected chi connectivity index (χ4v) is 43.2. The lowest BCUT2D eigenvalue weighted by atomic mass is 9.39. The van der Waals surface area contributed by atoms with Gasteiger partial charge in [-0.05, 0) is 489 Å². The lowest BCUT2D eigenvalue weighted by Gasteiger charge is -2.65. The molecule has 4 heterocycles. The van der Waals surface area contributed by atoms with Gasteiger partial charge in [0.25, 0.3) is 0 Å². The number of aromatic nitrogens is 9. The molecule has 1 unspecified atom stereocenters. The number of nitrogens with one attached hydrogen (secondary N) is 1. The first-order valence-corrected chi connectivity index (χ1v) is 62.1. The molecule has 20 saturated carbocycles. The molecule has 5 aromatic rings. The minimum atomic E-state index is -2.44. The van der Waals surface area contributed by atoms with Gasteiger partial charge in [-0.3, -0.25) is 42.8 Å². The van der Waals surface area contributed by atoms with E-state index in [2.05, 4.69) is 86.1 Å². The van der Waals surface area contributed by atoms with E-state index in [1.54, 1.807) is 45.2 Å². The molecule has 20 aliphatic rings. The number of nitrogens with zero attached hydrogens (tertiary/aromatic N) is 11. The molecular formula is C123H176F2N12O8S3. The second-order valence-electron chi connectivity index (χ2n) is 56.3. The van der Waals surface area contributed by atoms with Crippen LogP contribution in [0.1, 0.15) is 361 Å². The molecule has 20 fully saturated rings. The van der Waals surface area contributed by atoms with Crippen LogP contribution in [0.25, 0.3) is 0 Å². The third-order valence-corrected chi connectivity index (χ3v) is 50.8. The number of aliphatic hydroxyl groups is 2. The number of carbonyl (C=O) groups excluding carboxylic acids is 5. The molecular weight excluding hydrogens is 1910 g/mol. The van der Waals surface area contributed by atoms with Gasteiger partial charge < -0.3 is 10.2 Å². The summed E-state index contributed by atoms with van der Waals surface area (Å²) in [6, 6.07) is 7.76. The van der Waals surface area contributed by atoms with Gasteiger partial charge in [0.1, 0.15) is 36.1 Å². The van der Waals surface area contributed by atoms with Crippen LogP contribution in [0.5, 0.6) is 0 Å². The highest BCUT2D eigenvalue weighted by Crippen LogP contribution is 2.73. The second-order valence-corrected chi connectivity index (χ2v) is 60.9. The summed E-state index contributed by atoms with van der Waals surface area (Å²) in [6.45, 7) is 24.0. The van der Waals surface area contributed by atoms with Gasteiger partial charge in [0.2, 0.25) is 0 Å². The molecule has 148 heavy (non-hydrogen) atoms. The quantitative estimate of drug-likeness (QED) is 0.0574. The van der Waals surface area contributed by atoms with Crippen LogP contribution in [-0.4, -0.2) is 120 Å². The molecule has 0 amide bonds. The number of carbonyl (C=O) groups is 5. The van der Waals surface area contributed by atoms with E-state index < -0.39 is 32.6 Å². The number of Topliss-reactive ketones (excluding diaryl/α,β-unsaturated/α-hetero) is 5. The van der Waals surface area contributed by atoms with Crippen molar-refractivity contribution in [3.63, 3.8) is 0 Å². The number of fused-ring (bicyclic) bond motifs is 25. The van der Waals surface area contributed by atoms with E-state index in [0.717, 1.165) is 239 Å². The van der Waals surface area contributed by atoms with Crippen LogP contribution in [0, 0.1) is 251 Å². The predicted molar refractivity (Wildman–Crippen MR) is 576 cm³/mol. The van der Waals surface area contributed by atoms with E-state index >= 15 is 0 Å². The Balaban J connectivity index is 0.000000108. The Hall–Kier alpha value is -6.25. The number of ketones is 5. The molecule has 20 nitrogen and oxygen atoms in total. The van der Waals surface area contributed by atoms with Crippen molar-refractivity contribution >= 4 is 63.9 Å². The van der Waals surface area contributed by atoms with E-state index in [1.165, 1.54) is 191 Å². The zero-order valence-corrected chi connectivity index (χ0v) is 93.6. The molecule has 25 rings (SSSR count). The number of hydrogen-bond acceptors (Lipinski definition) is 18. The average Bonchev–Trinajstić information content (AvgIpc) is 1.11. The average molecular weight is 2090 g/mol. The highest BCUT2D eigenvalue weighted by molar-refractivity contribution is 7.92. The summed E-state index contributed by atoms with van der Waals surface area (Å²) < 4.78 is 53.4. The number of thiol groups is 2. The molecule has 0 bridgehead atoms. The first-order chi connectivity index (χ1) is 70.3. The second kappa shape index (κ2) is 41.4. The Morgan fingerprint density at radius 3 is 1.11 bits per heavy atom. The van der Waals surface area contributed by atoms with E-state index in [-0.39, 0.29) is 102 Å². The van der Waals surface area contributed by atoms with Crippen molar-refractivity contribution < 1.29 is 47.2 Å². The summed E-state index contributed by atoms with van der Waals surface area (Å²) >= 11 is 9.88. The molecule has 0 saturated heterocycles. The molecule has 41 atom stereocenters. The standard InChI is InChI=1S/C27H36F2OS.C25H36N4O2S.C24H33N3O2.C24H36N2O2.C23H35N3OS/c1-26(31)11-9-19-17(15-26)4-6-21-20(19)10-12-27(2)22(21)7-8-23(27)25(30)13-16-3-5-18(28)14-24(16)29;1-25-10-9-20-19-6-4-18(32(2,27)31)11-17(19)3-5-21(20)22(25)7-8-23(25)24(30)15-29-14-16(12-26)13-28-29;1-23(29)7-5-17-16(10-23)3-4-19-18(17)6-8-24(2)20(19)9-21(24)22(28)14-27-13-15(11-25)12-26-27;1-15-12-25-26(13-15)14-22(27)21-10-20-19-5-4-16-11-23(2,28)8-6-17(16)18(19)7-9-24(20,21)3;1-22(28)9-7-16-15(13-22)3-4-18-17(16)8-10-23(2)19(18)5-6-20(23)21(27)14-26-24-11-12-25-26/h3,5,14,17,19-23,31H,4,6-13,15H2,1-2H3;13-14,17-23,27H,3-11,15H2,1-2H3;12-13,16-21,29H,3-10,14H2,1-2H3;12-13,16-21,28H,4-11,14H2,1-3H3;11-12,15-20,28H,3-10,13-14H2,1-2H3/t17-,19+,20-,21-,22+,23-,26-,27+;17-,18+,19+,20-,21-,22+,23-,25+,32?;2*16-,17+,18-,19-,20+,21-,23-,24+;15-,16+,17-,18-,19+,20-,22-,23+/m11111/s1. The van der Waals surface area contributed by atoms with Gasteiger partial charge in [0.15, 0.2) is 23.1 Å². The normalized spacial score (nSPS) is 45.5. The van der Waals surface area contributed by atoms with Crippen molar-refractivity contribution in [2.45, 2.75) is 404 Å². The highest BCUT2D eigenvalue weighted by atomic mass is 32.2. The van der Waals surface area contributed by atoms with Gasteiger partial charge in [0.05, 0.1) is 72.9 Å². The monoisotopic (exact) mass is 2080 g/mol. The number of hydrogen-bond donors (Lipinski definition) is 5. The number of benzene rings is 1. The third-order valence-electron chi connectivity index (χ3n) is 48.3. The maximum atomic E-state index is 14.2. The molecule has 4 aromatic heterocycles. The van der Waals surface area contributed by atoms with E-state index in [9.17, 15) is 47.2 Å². The zero-order chi connectivity index (χ0) is 104. The number of aryl methyl sites for hydroxylation is 1. The Labute approximate surface area is 893 Å². The van der Waals surface area contributed by atoms with Crippen LogP contribution in [-0.2, 0) is 66.3 Å². The molecule has 25 heteroatoms. The van der Waals surface area contributed by atoms with Crippen LogP contribution in [0.2, 0.25) is 0 Å². The van der Waals surface area contributed by atoms with Crippen molar-refractivity contribution in [2.75, 3.05) is 6.26 Å². The first kappa shape index (κ1) is 107. The fraction of sp³-hybridized carbons (Fsp3) is 0.805. The van der Waals surface area contributed by atoms with Gasteiger partial charge in [-0.1, -0.05) is 54.5 Å². The number of nitriles is 2. The summed E-state index contributed by atoms with van der Waals surface area (Å²) in [4.78, 5) is 67.4. The summed E-state index contributed by atoms with van der Waals surface area (Å²) in [7, 11) is -2.44. The van der Waals surface area contributed by atoms with E-state index in [4.69, 9.17) is 40.6 Å². The lowest BCUT2D eigenvalue weighted by molar-refractivity contribution is -0.177. The zero-order valence-electron chi connectivity index (χ0n) is 91.0. The maximum Gasteiger partial charge on any atom is 0.159 e. The Morgan fingerprint density at radius 2 is 0.730 bits per heavy atom. The van der Waals surface area contributed by atoms with Crippen molar-refractivity contribution in [3.8, 4) is 12.1 Å². The van der Waals surface area contributed by atoms with E-state index in [1.807, 2.05) is 37.8 Å². The maximum absolute atomic E-state index is 14.2. The molecule has 3 N–H and O–H groups in total. The van der Waals surface area contributed by atoms with Crippen LogP contribution in [0.15, 0.2) is 67.8 Å². The van der Waals surface area contributed by atoms with Crippen molar-refractivity contribution in [2.24, 2.45) is 205 Å². The van der Waals surface area contributed by atoms with Gasteiger partial charge in [-0.15, -0.1) is 0 Å². The minimum Gasteiger partial charge on any atom is -0.390 e. The Morgan fingerprint density at radius 1 is 0.392 bits per heavy atom. The lowest BCUT2D eigenvalue weighted by Crippen LogP contribution is -2.60. The summed E-state index contributed by atoms with van der Waals surface area (Å²) in [5.41, 5.74) is 2.29. The van der Waals surface area contributed by atoms with Crippen molar-refractivity contribution in [3.05, 3.63) is 102 Å². The molecule has 0 radical (unpaired) electrons. The smallest absolute Gasteiger partial charge is 0.159 e. The van der Waals surface area contributed by atoms with Gasteiger partial charge >= 0.3 is 0 Å². The van der Waals surface area contributed by atoms with Crippen molar-refractivity contribution in [1.29, 1.82) is 15.3 Å². The molecule has 1 aromatic carbocycles. The number of rotatable bonds is 16. The summed E-state index contributed by atoms with van der Waals surface area (Å²) in [6.07, 6.45) is 66.4. The largest absolute Gasteiger partial charge is 0.390 e. The third kappa shape index (κ3) is 20.6. The molecule has 808 valence electrons. The highest BCUT2D eigenvalue weighted by Gasteiger charge is 2.68.